The van der Waals surface area contributed by atoms with Crippen LogP contribution in [-0.2, 0) is 9.53 Å². The maximum atomic E-state index is 11.1. The highest BCUT2D eigenvalue weighted by atomic mass is 16.5. The molecule has 1 fully saturated rings. The number of hydrogen-bond acceptors (Lipinski definition) is 4. The first kappa shape index (κ1) is 9.98. The third-order valence-corrected chi connectivity index (χ3v) is 2.39. The molecule has 1 aromatic rings. The Morgan fingerprint density at radius 2 is 2.40 bits per heavy atom. The minimum Gasteiger partial charge on any atom is -0.465 e. The van der Waals surface area contributed by atoms with Gasteiger partial charge in [0.25, 0.3) is 0 Å². The van der Waals surface area contributed by atoms with Gasteiger partial charge in [0.2, 0.25) is 0 Å². The van der Waals surface area contributed by atoms with Gasteiger partial charge in [-0.25, -0.2) is 0 Å². The second kappa shape index (κ2) is 3.90. The van der Waals surface area contributed by atoms with Crippen molar-refractivity contribution in [2.24, 2.45) is 0 Å². The molecule has 2 unspecified atom stereocenters. The molecule has 1 saturated heterocycles. The Balaban J connectivity index is 2.10. The van der Waals surface area contributed by atoms with Gasteiger partial charge >= 0.3 is 5.97 Å². The minimum absolute atomic E-state index is 0.0575. The molecule has 4 nitrogen and oxygen atoms in total. The summed E-state index contributed by atoms with van der Waals surface area (Å²) in [7, 11) is 0. The van der Waals surface area contributed by atoms with Crippen molar-refractivity contribution in [2.75, 3.05) is 0 Å². The van der Waals surface area contributed by atoms with Crippen LogP contribution in [-0.4, -0.2) is 23.3 Å². The molecule has 2 rings (SSSR count). The molecule has 0 aliphatic carbocycles. The fourth-order valence-corrected chi connectivity index (χ4v) is 1.61. The summed E-state index contributed by atoms with van der Waals surface area (Å²) in [6.07, 6.45) is 0.838. The highest BCUT2D eigenvalue weighted by molar-refractivity contribution is 5.74. The van der Waals surface area contributed by atoms with Crippen molar-refractivity contribution in [1.82, 2.24) is 0 Å². The van der Waals surface area contributed by atoms with Crippen LogP contribution < -0.4 is 0 Å². The topological polar surface area (TPSA) is 59.7 Å². The molecule has 0 radical (unpaired) electrons. The Bertz CT molecular complexity index is 366. The third kappa shape index (κ3) is 2.10. The van der Waals surface area contributed by atoms with E-state index in [1.54, 1.807) is 12.1 Å². The van der Waals surface area contributed by atoms with Crippen LogP contribution in [0.5, 0.6) is 0 Å². The summed E-state index contributed by atoms with van der Waals surface area (Å²) in [5.41, 5.74) is 0.590. The molecule has 1 aromatic heterocycles. The number of ether oxygens (including phenoxy) is 1. The number of hydrogen-bond donors (Lipinski definition) is 1. The Morgan fingerprint density at radius 3 is 3.00 bits per heavy atom. The average Bonchev–Trinajstić information content (AvgIpc) is 2.67. The summed E-state index contributed by atoms with van der Waals surface area (Å²) in [6.45, 7) is 3.81. The van der Waals surface area contributed by atoms with Crippen LogP contribution in [0.3, 0.4) is 0 Å². The van der Waals surface area contributed by atoms with Crippen LogP contribution in [0.2, 0.25) is 0 Å². The van der Waals surface area contributed by atoms with Crippen molar-refractivity contribution in [2.45, 2.75) is 25.0 Å². The van der Waals surface area contributed by atoms with E-state index in [1.165, 1.54) is 6.26 Å². The molecule has 0 saturated carbocycles. The van der Waals surface area contributed by atoms with Crippen LogP contribution in [0.1, 0.15) is 18.6 Å². The molecule has 1 N–H and O–H groups in total. The van der Waals surface area contributed by atoms with Crippen LogP contribution in [0.25, 0.3) is 5.57 Å². The van der Waals surface area contributed by atoms with Crippen molar-refractivity contribution in [1.29, 1.82) is 0 Å². The smallest absolute Gasteiger partial charge is 0.309 e. The quantitative estimate of drug-likeness (QED) is 0.745. The zero-order chi connectivity index (χ0) is 10.8. The third-order valence-electron chi connectivity index (χ3n) is 2.39. The van der Waals surface area contributed by atoms with Gasteiger partial charge in [-0.2, -0.15) is 0 Å². The van der Waals surface area contributed by atoms with E-state index in [4.69, 9.17) is 9.15 Å². The Morgan fingerprint density at radius 1 is 1.60 bits per heavy atom. The van der Waals surface area contributed by atoms with Gasteiger partial charge < -0.3 is 14.3 Å². The molecule has 0 bridgehead atoms. The summed E-state index contributed by atoms with van der Waals surface area (Å²) in [5.74, 6) is 0.188. The van der Waals surface area contributed by atoms with Gasteiger partial charge in [0.15, 0.2) is 0 Å². The number of furan rings is 1. The lowest BCUT2D eigenvalue weighted by Gasteiger charge is -2.26. The predicted octanol–water partition coefficient (Wildman–Crippen LogP) is 1.36. The summed E-state index contributed by atoms with van der Waals surface area (Å²) in [6, 6.07) is 3.48. The van der Waals surface area contributed by atoms with Crippen LogP contribution in [0.15, 0.2) is 29.4 Å². The summed E-state index contributed by atoms with van der Waals surface area (Å²) in [5, 5.41) is 9.42. The molecule has 2 atom stereocenters. The van der Waals surface area contributed by atoms with Crippen LogP contribution in [0.4, 0.5) is 0 Å². The van der Waals surface area contributed by atoms with E-state index in [9.17, 15) is 9.90 Å². The van der Waals surface area contributed by atoms with Crippen molar-refractivity contribution in [3.63, 3.8) is 0 Å². The van der Waals surface area contributed by atoms with Gasteiger partial charge in [-0.1, -0.05) is 6.58 Å². The molecule has 1 aliphatic heterocycles. The molecular formula is C11H12O4. The van der Waals surface area contributed by atoms with Gasteiger partial charge in [0.1, 0.15) is 11.9 Å². The molecular weight excluding hydrogens is 196 g/mol. The largest absolute Gasteiger partial charge is 0.465 e. The van der Waals surface area contributed by atoms with Gasteiger partial charge in [-0.05, 0) is 12.1 Å². The molecule has 0 aromatic carbocycles. The summed E-state index contributed by atoms with van der Waals surface area (Å²) in [4.78, 5) is 11.1. The van der Waals surface area contributed by atoms with Gasteiger partial charge in [-0.15, -0.1) is 0 Å². The van der Waals surface area contributed by atoms with Gasteiger partial charge in [0, 0.05) is 12.0 Å². The maximum absolute atomic E-state index is 11.1. The molecule has 4 heteroatoms. The average molecular weight is 208 g/mol. The normalized spacial score (nSPS) is 26.1. The number of aliphatic hydroxyl groups is 1. The predicted molar refractivity (Wildman–Crippen MR) is 52.9 cm³/mol. The van der Waals surface area contributed by atoms with Gasteiger partial charge in [-0.3, -0.25) is 4.79 Å². The summed E-state index contributed by atoms with van der Waals surface area (Å²) < 4.78 is 10.2. The number of carbonyl (C=O) groups is 1. The molecule has 0 spiro atoms. The van der Waals surface area contributed by atoms with E-state index in [0.717, 1.165) is 0 Å². The molecule has 80 valence electrons. The van der Waals surface area contributed by atoms with E-state index in [0.29, 0.717) is 17.8 Å². The SMILES string of the molecule is C=C(c1ccco1)C1CC(O)CC(=O)O1. The standard InChI is InChI=1S/C11H12O4/c1-7(9-3-2-4-14-9)10-5-8(12)6-11(13)15-10/h2-4,8,10,12H,1,5-6H2. The second-order valence-electron chi connectivity index (χ2n) is 3.57. The second-order valence-corrected chi connectivity index (χ2v) is 3.57. The van der Waals surface area contributed by atoms with Crippen LogP contribution in [0, 0.1) is 0 Å². The van der Waals surface area contributed by atoms with Crippen molar-refractivity contribution < 1.29 is 19.1 Å². The maximum Gasteiger partial charge on any atom is 0.309 e. The molecule has 1 aliphatic rings. The summed E-state index contributed by atoms with van der Waals surface area (Å²) >= 11 is 0. The lowest BCUT2D eigenvalue weighted by molar-refractivity contribution is -0.155. The monoisotopic (exact) mass is 208 g/mol. The van der Waals surface area contributed by atoms with E-state index in [1.807, 2.05) is 0 Å². The highest BCUT2D eigenvalue weighted by Gasteiger charge is 2.30. The lowest BCUT2D eigenvalue weighted by atomic mass is 9.99. The fraction of sp³-hybridized carbons (Fsp3) is 0.364. The first-order valence-electron chi connectivity index (χ1n) is 4.77. The number of esters is 1. The van der Waals surface area contributed by atoms with Crippen molar-refractivity contribution >= 4 is 11.5 Å². The fourth-order valence-electron chi connectivity index (χ4n) is 1.61. The Labute approximate surface area is 87.2 Å². The number of rotatable bonds is 2. The Kier molecular flexibility index (Phi) is 2.60. The van der Waals surface area contributed by atoms with E-state index in [-0.39, 0.29) is 6.42 Å². The first-order chi connectivity index (χ1) is 7.16. The molecule has 0 amide bonds. The Hall–Kier alpha value is -1.55. The van der Waals surface area contributed by atoms with Crippen molar-refractivity contribution in [3.05, 3.63) is 30.7 Å². The minimum atomic E-state index is -0.650. The molecule has 2 heterocycles. The first-order valence-corrected chi connectivity index (χ1v) is 4.77. The molecule has 15 heavy (non-hydrogen) atoms. The van der Waals surface area contributed by atoms with Gasteiger partial charge in [0.05, 0.1) is 18.8 Å². The number of carbonyl (C=O) groups excluding carboxylic acids is 1. The van der Waals surface area contributed by atoms with E-state index < -0.39 is 18.2 Å². The highest BCUT2D eigenvalue weighted by Crippen LogP contribution is 2.26. The lowest BCUT2D eigenvalue weighted by Crippen LogP contribution is -2.33. The van der Waals surface area contributed by atoms with Crippen molar-refractivity contribution in [3.8, 4) is 0 Å². The van der Waals surface area contributed by atoms with E-state index >= 15 is 0 Å². The van der Waals surface area contributed by atoms with Crippen LogP contribution >= 0.6 is 0 Å². The van der Waals surface area contributed by atoms with E-state index in [2.05, 4.69) is 6.58 Å². The zero-order valence-corrected chi connectivity index (χ0v) is 8.18. The number of cyclic esters (lactones) is 1. The zero-order valence-electron chi connectivity index (χ0n) is 8.18. The number of aliphatic hydroxyl groups excluding tert-OH is 1.